The lowest BCUT2D eigenvalue weighted by atomic mass is 9.88. The van der Waals surface area contributed by atoms with Gasteiger partial charge in [0.2, 0.25) is 5.79 Å². The maximum absolute atomic E-state index is 12.3. The molecule has 2 aliphatic rings. The second-order valence-corrected chi connectivity index (χ2v) is 8.29. The molecule has 0 aliphatic carbocycles. The lowest BCUT2D eigenvalue weighted by molar-refractivity contribution is -0.240. The lowest BCUT2D eigenvalue weighted by Crippen LogP contribution is -2.57. The fraction of sp³-hybridized carbons (Fsp3) is 0.864. The Labute approximate surface area is 176 Å². The van der Waals surface area contributed by atoms with Crippen molar-refractivity contribution in [3.63, 3.8) is 0 Å². The molecule has 2 heterocycles. The van der Waals surface area contributed by atoms with Crippen LogP contribution >= 0.6 is 0 Å². The van der Waals surface area contributed by atoms with Gasteiger partial charge in [0.15, 0.2) is 0 Å². The van der Waals surface area contributed by atoms with Gasteiger partial charge in [-0.25, -0.2) is 0 Å². The molecule has 0 aromatic heterocycles. The topological polar surface area (TPSA) is 93.1 Å². The number of rotatable bonds is 5. The summed E-state index contributed by atoms with van der Waals surface area (Å²) in [5.41, 5.74) is 0. The van der Waals surface area contributed by atoms with Crippen LogP contribution < -0.4 is 0 Å². The number of carbonyl (C=O) groups is 3. The number of aliphatic hydroxyl groups is 1. The highest BCUT2D eigenvalue weighted by molar-refractivity contribution is 6.38. The second-order valence-electron chi connectivity index (χ2n) is 8.29. The molecule has 170 valence electrons. The van der Waals surface area contributed by atoms with E-state index in [-0.39, 0.29) is 12.0 Å². The van der Waals surface area contributed by atoms with Crippen molar-refractivity contribution in [2.45, 2.75) is 91.9 Å². The molecule has 0 spiro atoms. The summed E-state index contributed by atoms with van der Waals surface area (Å²) in [4.78, 5) is 35.7. The number of likely N-dealkylation sites (tertiary alicyclic amines) is 1. The fourth-order valence-electron chi connectivity index (χ4n) is 3.16. The van der Waals surface area contributed by atoms with Crippen LogP contribution in [-0.2, 0) is 23.9 Å². The first-order chi connectivity index (χ1) is 13.6. The Kier molecular flexibility index (Phi) is 13.8. The van der Waals surface area contributed by atoms with Gasteiger partial charge in [0.1, 0.15) is 0 Å². The Balaban J connectivity index is 0.000000658. The Morgan fingerprint density at radius 3 is 2.28 bits per heavy atom. The summed E-state index contributed by atoms with van der Waals surface area (Å²) >= 11 is 0. The molecule has 2 fully saturated rings. The van der Waals surface area contributed by atoms with E-state index < -0.39 is 17.5 Å². The molecule has 7 nitrogen and oxygen atoms in total. The zero-order valence-electron chi connectivity index (χ0n) is 19.1. The molecule has 2 aliphatic heterocycles. The molecule has 2 saturated heterocycles. The Morgan fingerprint density at radius 1 is 1.21 bits per heavy atom. The average Bonchev–Trinajstić information content (AvgIpc) is 2.69. The minimum absolute atomic E-state index is 0.0627. The number of hydrogen-bond donors (Lipinski definition) is 1. The van der Waals surface area contributed by atoms with Gasteiger partial charge in [-0.05, 0) is 44.9 Å². The Morgan fingerprint density at radius 2 is 1.83 bits per heavy atom. The van der Waals surface area contributed by atoms with Gasteiger partial charge >= 0.3 is 0 Å². The van der Waals surface area contributed by atoms with Crippen molar-refractivity contribution in [2.75, 3.05) is 19.8 Å². The van der Waals surface area contributed by atoms with E-state index >= 15 is 0 Å². The monoisotopic (exact) mass is 415 g/mol. The average molecular weight is 416 g/mol. The van der Waals surface area contributed by atoms with Crippen LogP contribution in [0.15, 0.2) is 0 Å². The lowest BCUT2D eigenvalue weighted by Gasteiger charge is -2.39. The highest BCUT2D eigenvalue weighted by Crippen LogP contribution is 2.30. The number of ether oxygens (including phenoxy) is 2. The summed E-state index contributed by atoms with van der Waals surface area (Å²) in [5.74, 6) is -3.20. The standard InChI is InChI=1S/C14H23NO4.C5H10O2.C3H8/c1-10-6-5-9-19-14(10,18)12(16)13(17)15-8-4-3-7-11(15)2;1-5(2)3-7-4-6;1-3-2/h10-11,18H,3-9H2,1-2H3;4-5H,3H2,1-2H3;3H2,1-2H3/t10-,11-,14-;;/m1../s1. The predicted octanol–water partition coefficient (Wildman–Crippen LogP) is 3.32. The molecule has 0 radical (unpaired) electrons. The van der Waals surface area contributed by atoms with E-state index in [1.54, 1.807) is 11.8 Å². The Bertz CT molecular complexity index is 496. The van der Waals surface area contributed by atoms with Gasteiger partial charge in [-0.15, -0.1) is 0 Å². The number of piperidine rings is 1. The third-order valence-corrected chi connectivity index (χ3v) is 4.85. The maximum atomic E-state index is 12.3. The molecular weight excluding hydrogens is 374 g/mol. The van der Waals surface area contributed by atoms with Crippen molar-refractivity contribution in [1.82, 2.24) is 4.90 Å². The van der Waals surface area contributed by atoms with Gasteiger partial charge in [0, 0.05) is 18.5 Å². The number of ketones is 1. The van der Waals surface area contributed by atoms with Crippen LogP contribution in [0.5, 0.6) is 0 Å². The summed E-state index contributed by atoms with van der Waals surface area (Å²) in [5, 5.41) is 10.4. The van der Waals surface area contributed by atoms with E-state index in [0.717, 1.165) is 25.7 Å². The van der Waals surface area contributed by atoms with Gasteiger partial charge < -0.3 is 19.5 Å². The van der Waals surface area contributed by atoms with Crippen molar-refractivity contribution in [2.24, 2.45) is 11.8 Å². The third kappa shape index (κ3) is 9.26. The molecule has 0 bridgehead atoms. The van der Waals surface area contributed by atoms with Crippen LogP contribution in [0, 0.1) is 11.8 Å². The minimum atomic E-state index is -1.92. The van der Waals surface area contributed by atoms with Gasteiger partial charge in [-0.2, -0.15) is 0 Å². The largest absolute Gasteiger partial charge is 0.468 e. The Hall–Kier alpha value is -1.47. The molecule has 3 atom stereocenters. The first-order valence-corrected chi connectivity index (χ1v) is 10.9. The predicted molar refractivity (Wildman–Crippen MR) is 112 cm³/mol. The summed E-state index contributed by atoms with van der Waals surface area (Å²) in [6.45, 7) is 13.9. The number of hydrogen-bond acceptors (Lipinski definition) is 6. The molecule has 2 rings (SSSR count). The van der Waals surface area contributed by atoms with Crippen molar-refractivity contribution >= 4 is 18.2 Å². The summed E-state index contributed by atoms with van der Waals surface area (Å²) in [6, 6.07) is 0.0627. The van der Waals surface area contributed by atoms with E-state index in [1.807, 2.05) is 20.8 Å². The number of carbonyl (C=O) groups excluding carboxylic acids is 3. The van der Waals surface area contributed by atoms with Gasteiger partial charge in [0.25, 0.3) is 18.2 Å². The van der Waals surface area contributed by atoms with Crippen LogP contribution in [0.2, 0.25) is 0 Å². The molecule has 0 saturated carbocycles. The number of Topliss-reactive ketones (excluding diaryl/α,β-unsaturated/α-hetero) is 1. The van der Waals surface area contributed by atoms with Crippen molar-refractivity contribution in [1.29, 1.82) is 0 Å². The van der Waals surface area contributed by atoms with Gasteiger partial charge in [0.05, 0.1) is 13.2 Å². The first-order valence-electron chi connectivity index (χ1n) is 10.9. The zero-order chi connectivity index (χ0) is 22.4. The molecule has 29 heavy (non-hydrogen) atoms. The molecule has 7 heteroatoms. The molecule has 0 aromatic rings. The van der Waals surface area contributed by atoms with E-state index in [0.29, 0.717) is 38.6 Å². The zero-order valence-corrected chi connectivity index (χ0v) is 19.1. The summed E-state index contributed by atoms with van der Waals surface area (Å²) < 4.78 is 9.66. The van der Waals surface area contributed by atoms with Gasteiger partial charge in [-0.1, -0.05) is 41.0 Å². The highest BCUT2D eigenvalue weighted by atomic mass is 16.6. The number of amides is 1. The van der Waals surface area contributed by atoms with E-state index in [4.69, 9.17) is 4.74 Å². The van der Waals surface area contributed by atoms with E-state index in [1.165, 1.54) is 6.42 Å². The third-order valence-electron chi connectivity index (χ3n) is 4.85. The summed E-state index contributed by atoms with van der Waals surface area (Å²) in [6.07, 6.45) is 5.67. The van der Waals surface area contributed by atoms with E-state index in [9.17, 15) is 19.5 Å². The van der Waals surface area contributed by atoms with Crippen molar-refractivity contribution in [3.8, 4) is 0 Å². The highest BCUT2D eigenvalue weighted by Gasteiger charge is 2.49. The van der Waals surface area contributed by atoms with Crippen molar-refractivity contribution in [3.05, 3.63) is 0 Å². The van der Waals surface area contributed by atoms with Crippen LogP contribution in [-0.4, -0.2) is 59.8 Å². The molecule has 1 N–H and O–H groups in total. The van der Waals surface area contributed by atoms with Crippen molar-refractivity contribution < 1.29 is 29.0 Å². The first kappa shape index (κ1) is 27.5. The minimum Gasteiger partial charge on any atom is -0.468 e. The smallest absolute Gasteiger partial charge is 0.296 e. The molecule has 0 aromatic carbocycles. The fourth-order valence-corrected chi connectivity index (χ4v) is 3.16. The normalized spacial score (nSPS) is 26.4. The van der Waals surface area contributed by atoms with E-state index in [2.05, 4.69) is 18.6 Å². The maximum Gasteiger partial charge on any atom is 0.296 e. The van der Waals surface area contributed by atoms with Gasteiger partial charge in [-0.3, -0.25) is 14.4 Å². The SMILES string of the molecule is CC(C)COC=O.CCC.C[C@@H]1CCCCN1C(=O)C(=O)[C@]1(O)OCCC[C@H]1C. The number of nitrogens with zero attached hydrogens (tertiary/aromatic N) is 1. The van der Waals surface area contributed by atoms with Crippen LogP contribution in [0.25, 0.3) is 0 Å². The molecule has 0 unspecified atom stereocenters. The molecular formula is C22H41NO6. The second kappa shape index (κ2) is 14.5. The van der Waals surface area contributed by atoms with Crippen LogP contribution in [0.1, 0.15) is 80.1 Å². The molecule has 1 amide bonds. The van der Waals surface area contributed by atoms with Crippen LogP contribution in [0.4, 0.5) is 0 Å². The van der Waals surface area contributed by atoms with Crippen LogP contribution in [0.3, 0.4) is 0 Å². The quantitative estimate of drug-likeness (QED) is 0.547. The summed E-state index contributed by atoms with van der Waals surface area (Å²) in [7, 11) is 0.